The van der Waals surface area contributed by atoms with Crippen LogP contribution in [0, 0.1) is 17.0 Å². The van der Waals surface area contributed by atoms with Crippen molar-refractivity contribution in [2.24, 2.45) is 0 Å². The molecule has 0 radical (unpaired) electrons. The van der Waals surface area contributed by atoms with Crippen LogP contribution < -0.4 is 5.32 Å². The summed E-state index contributed by atoms with van der Waals surface area (Å²) in [5, 5.41) is 17.3. The molecule has 2 aromatic rings. The molecule has 0 unspecified atom stereocenters. The van der Waals surface area contributed by atoms with Crippen molar-refractivity contribution < 1.29 is 9.72 Å². The van der Waals surface area contributed by atoms with E-state index in [1.165, 1.54) is 10.7 Å². The molecule has 0 aliphatic heterocycles. The van der Waals surface area contributed by atoms with Crippen molar-refractivity contribution in [3.8, 4) is 0 Å². The number of amides is 1. The van der Waals surface area contributed by atoms with Gasteiger partial charge in [-0.05, 0) is 23.8 Å². The lowest BCUT2D eigenvalue weighted by atomic mass is 10.1. The van der Waals surface area contributed by atoms with Crippen LogP contribution in [0.15, 0.2) is 36.4 Å². The fourth-order valence-electron chi connectivity index (χ4n) is 2.10. The number of hydrogen-bond acceptors (Lipinski definition) is 4. The van der Waals surface area contributed by atoms with E-state index in [1.807, 2.05) is 30.3 Å². The van der Waals surface area contributed by atoms with Crippen LogP contribution >= 0.6 is 0 Å². The number of rotatable bonds is 7. The topological polar surface area (TPSA) is 90.1 Å². The number of hydrogen-bond donors (Lipinski definition) is 1. The van der Waals surface area contributed by atoms with Crippen LogP contribution in [0.1, 0.15) is 17.7 Å². The molecular formula is C15H18N4O3. The monoisotopic (exact) mass is 302 g/mol. The predicted octanol–water partition coefficient (Wildman–Crippen LogP) is 1.85. The van der Waals surface area contributed by atoms with Gasteiger partial charge in [0.05, 0.1) is 23.4 Å². The number of carbonyl (C=O) groups excluding carboxylic acids is 1. The molecule has 0 spiro atoms. The van der Waals surface area contributed by atoms with Gasteiger partial charge in [0.25, 0.3) is 0 Å². The molecule has 1 amide bonds. The van der Waals surface area contributed by atoms with E-state index in [-0.39, 0.29) is 11.7 Å². The van der Waals surface area contributed by atoms with Crippen molar-refractivity contribution in [2.75, 3.05) is 6.54 Å². The molecule has 116 valence electrons. The van der Waals surface area contributed by atoms with Crippen molar-refractivity contribution in [3.05, 3.63) is 57.8 Å². The van der Waals surface area contributed by atoms with E-state index < -0.39 is 4.92 Å². The van der Waals surface area contributed by atoms with E-state index in [1.54, 1.807) is 6.92 Å². The van der Waals surface area contributed by atoms with Gasteiger partial charge in [0.1, 0.15) is 0 Å². The quantitative estimate of drug-likeness (QED) is 0.624. The second kappa shape index (κ2) is 7.35. The fraction of sp³-hybridized carbons (Fsp3) is 0.333. The minimum Gasteiger partial charge on any atom is -0.358 e. The number of nitro groups is 1. The van der Waals surface area contributed by atoms with Gasteiger partial charge in [-0.2, -0.15) is 4.68 Å². The van der Waals surface area contributed by atoms with Crippen molar-refractivity contribution in [2.45, 2.75) is 26.3 Å². The Balaban J connectivity index is 1.74. The maximum Gasteiger partial charge on any atom is 0.390 e. The Hall–Kier alpha value is -2.70. The molecule has 0 aliphatic rings. The normalized spacial score (nSPS) is 10.4. The number of benzene rings is 1. The Kier molecular flexibility index (Phi) is 5.24. The molecule has 0 saturated carbocycles. The highest BCUT2D eigenvalue weighted by molar-refractivity contribution is 5.76. The zero-order chi connectivity index (χ0) is 15.9. The highest BCUT2D eigenvalue weighted by Crippen LogP contribution is 2.10. The van der Waals surface area contributed by atoms with E-state index in [2.05, 4.69) is 10.4 Å². The number of nitrogens with one attached hydrogen (secondary N) is 1. The third-order valence-corrected chi connectivity index (χ3v) is 3.28. The highest BCUT2D eigenvalue weighted by atomic mass is 16.6. The van der Waals surface area contributed by atoms with E-state index in [4.69, 9.17) is 0 Å². The molecule has 7 nitrogen and oxygen atoms in total. The summed E-state index contributed by atoms with van der Waals surface area (Å²) in [6.07, 6.45) is 1.11. The second-order valence-electron chi connectivity index (χ2n) is 4.96. The number of aromatic nitrogens is 2. The summed E-state index contributed by atoms with van der Waals surface area (Å²) in [6.45, 7) is 2.56. The van der Waals surface area contributed by atoms with Gasteiger partial charge in [-0.25, -0.2) is 0 Å². The van der Waals surface area contributed by atoms with Crippen LogP contribution in [-0.4, -0.2) is 27.2 Å². The summed E-state index contributed by atoms with van der Waals surface area (Å²) >= 11 is 0. The summed E-state index contributed by atoms with van der Waals surface area (Å²) in [4.78, 5) is 21.9. The van der Waals surface area contributed by atoms with Crippen LogP contribution in [-0.2, 0) is 17.8 Å². The molecule has 2 rings (SSSR count). The van der Waals surface area contributed by atoms with Gasteiger partial charge in [-0.3, -0.25) is 4.79 Å². The average Bonchev–Trinajstić information content (AvgIpc) is 2.88. The van der Waals surface area contributed by atoms with Crippen LogP contribution in [0.3, 0.4) is 0 Å². The summed E-state index contributed by atoms with van der Waals surface area (Å²) in [5.41, 5.74) is 1.82. The number of carbonyl (C=O) groups is 1. The smallest absolute Gasteiger partial charge is 0.358 e. The first-order chi connectivity index (χ1) is 10.6. The molecular weight excluding hydrogens is 284 g/mol. The van der Waals surface area contributed by atoms with Crippen molar-refractivity contribution in [1.29, 1.82) is 0 Å². The van der Waals surface area contributed by atoms with Crippen LogP contribution in [0.5, 0.6) is 0 Å². The van der Waals surface area contributed by atoms with Crippen molar-refractivity contribution >= 4 is 11.7 Å². The van der Waals surface area contributed by atoms with E-state index in [9.17, 15) is 14.9 Å². The highest BCUT2D eigenvalue weighted by Gasteiger charge is 2.14. The molecule has 0 bridgehead atoms. The molecule has 0 saturated heterocycles. The first-order valence-electron chi connectivity index (χ1n) is 7.06. The lowest BCUT2D eigenvalue weighted by molar-refractivity contribution is -0.389. The van der Waals surface area contributed by atoms with E-state index >= 15 is 0 Å². The summed E-state index contributed by atoms with van der Waals surface area (Å²) in [5.74, 6) is -0.212. The Morgan fingerprint density at radius 2 is 2.09 bits per heavy atom. The molecule has 1 aromatic heterocycles. The summed E-state index contributed by atoms with van der Waals surface area (Å²) in [7, 11) is 0. The molecule has 1 aromatic carbocycles. The Labute approximate surface area is 128 Å². The van der Waals surface area contributed by atoms with Crippen molar-refractivity contribution in [1.82, 2.24) is 15.1 Å². The minimum absolute atomic E-state index is 0.0387. The molecule has 0 atom stereocenters. The summed E-state index contributed by atoms with van der Waals surface area (Å²) in [6, 6.07) is 11.2. The second-order valence-corrected chi connectivity index (χ2v) is 4.96. The van der Waals surface area contributed by atoms with Gasteiger partial charge in [0.15, 0.2) is 0 Å². The Morgan fingerprint density at radius 1 is 1.36 bits per heavy atom. The van der Waals surface area contributed by atoms with Gasteiger partial charge in [0.2, 0.25) is 5.91 Å². The lowest BCUT2D eigenvalue weighted by Crippen LogP contribution is -2.27. The molecule has 1 heterocycles. The van der Waals surface area contributed by atoms with Crippen molar-refractivity contribution in [3.63, 3.8) is 0 Å². The van der Waals surface area contributed by atoms with E-state index in [0.717, 1.165) is 5.56 Å². The third kappa shape index (κ3) is 4.41. The van der Waals surface area contributed by atoms with Gasteiger partial charge in [-0.1, -0.05) is 30.3 Å². The maximum absolute atomic E-state index is 11.8. The maximum atomic E-state index is 11.8. The lowest BCUT2D eigenvalue weighted by Gasteiger charge is -2.05. The average molecular weight is 302 g/mol. The Bertz CT molecular complexity index is 652. The summed E-state index contributed by atoms with van der Waals surface area (Å²) < 4.78 is 1.52. The number of aryl methyl sites for hydroxylation is 2. The largest absolute Gasteiger partial charge is 0.390 e. The van der Waals surface area contributed by atoms with Gasteiger partial charge in [0, 0.05) is 13.0 Å². The minimum atomic E-state index is -0.526. The SMILES string of the molecule is Cc1cc([N+](=O)[O-])nn1CCNC(=O)CCc1ccccc1. The first kappa shape index (κ1) is 15.7. The Morgan fingerprint density at radius 3 is 2.73 bits per heavy atom. The first-order valence-corrected chi connectivity index (χ1v) is 7.06. The van der Waals surface area contributed by atoms with Crippen LogP contribution in [0.4, 0.5) is 5.82 Å². The zero-order valence-electron chi connectivity index (χ0n) is 12.4. The molecule has 1 N–H and O–H groups in total. The van der Waals surface area contributed by atoms with E-state index in [0.29, 0.717) is 31.6 Å². The molecule has 0 fully saturated rings. The van der Waals surface area contributed by atoms with Crippen LogP contribution in [0.25, 0.3) is 0 Å². The molecule has 22 heavy (non-hydrogen) atoms. The molecule has 7 heteroatoms. The predicted molar refractivity (Wildman–Crippen MR) is 81.4 cm³/mol. The number of nitrogens with zero attached hydrogens (tertiary/aromatic N) is 3. The van der Waals surface area contributed by atoms with Gasteiger partial charge in [-0.15, -0.1) is 0 Å². The molecule has 0 aliphatic carbocycles. The standard InChI is InChI=1S/C15H18N4O3/c1-12-11-14(19(21)22)17-18(12)10-9-16-15(20)8-7-13-5-3-2-4-6-13/h2-6,11H,7-10H2,1H3,(H,16,20). The van der Waals surface area contributed by atoms with Gasteiger partial charge < -0.3 is 15.4 Å². The van der Waals surface area contributed by atoms with Gasteiger partial charge >= 0.3 is 5.82 Å². The fourth-order valence-corrected chi connectivity index (χ4v) is 2.10. The van der Waals surface area contributed by atoms with Crippen LogP contribution in [0.2, 0.25) is 0 Å². The third-order valence-electron chi connectivity index (χ3n) is 3.28. The zero-order valence-corrected chi connectivity index (χ0v) is 12.4.